The van der Waals surface area contributed by atoms with Gasteiger partial charge in [0, 0.05) is 17.5 Å². The largest absolute Gasteiger partial charge is 0.319 e. The normalized spacial score (nSPS) is 15.4. The van der Waals surface area contributed by atoms with Gasteiger partial charge in [0.1, 0.15) is 0 Å². The quantitative estimate of drug-likeness (QED) is 0.827. The summed E-state index contributed by atoms with van der Waals surface area (Å²) in [4.78, 5) is 8.08. The van der Waals surface area contributed by atoms with Crippen molar-refractivity contribution in [3.05, 3.63) is 16.1 Å². The second-order valence-electron chi connectivity index (χ2n) is 4.55. The Kier molecular flexibility index (Phi) is 5.38. The molecule has 0 fully saturated rings. The second kappa shape index (κ2) is 6.33. The molecule has 0 saturated heterocycles. The third kappa shape index (κ3) is 3.54. The Balaban J connectivity index is 2.51. The molecular formula is C12H23N3S. The maximum Gasteiger partial charge on any atom is 0.0798 e. The van der Waals surface area contributed by atoms with Gasteiger partial charge in [0.15, 0.2) is 0 Å². The first kappa shape index (κ1) is 13.6. The number of nitrogens with one attached hydrogen (secondary N) is 1. The van der Waals surface area contributed by atoms with Gasteiger partial charge in [-0.05, 0) is 40.4 Å². The predicted octanol–water partition coefficient (Wildman–Crippen LogP) is 2.13. The molecule has 2 atom stereocenters. The summed E-state index contributed by atoms with van der Waals surface area (Å²) in [5.41, 5.74) is 3.10. The van der Waals surface area contributed by atoms with Crippen LogP contribution in [0.5, 0.6) is 0 Å². The highest BCUT2D eigenvalue weighted by Crippen LogP contribution is 2.17. The first-order valence-corrected chi connectivity index (χ1v) is 6.68. The third-order valence-corrected chi connectivity index (χ3v) is 4.20. The van der Waals surface area contributed by atoms with E-state index in [4.69, 9.17) is 0 Å². The third-order valence-electron chi connectivity index (χ3n) is 3.28. The molecule has 0 amide bonds. The monoisotopic (exact) mass is 241 g/mol. The summed E-state index contributed by atoms with van der Waals surface area (Å²) in [5, 5.41) is 3.24. The maximum absolute atomic E-state index is 4.29. The highest BCUT2D eigenvalue weighted by molar-refractivity contribution is 7.09. The van der Waals surface area contributed by atoms with Gasteiger partial charge in [0.25, 0.3) is 0 Å². The van der Waals surface area contributed by atoms with E-state index in [2.05, 4.69) is 43.0 Å². The van der Waals surface area contributed by atoms with E-state index in [1.54, 1.807) is 11.3 Å². The van der Waals surface area contributed by atoms with Gasteiger partial charge in [0.05, 0.1) is 11.2 Å². The van der Waals surface area contributed by atoms with Crippen molar-refractivity contribution < 1.29 is 0 Å². The summed E-state index contributed by atoms with van der Waals surface area (Å²) in [6.45, 7) is 8.73. The van der Waals surface area contributed by atoms with Gasteiger partial charge in [-0.15, -0.1) is 11.3 Å². The van der Waals surface area contributed by atoms with E-state index >= 15 is 0 Å². The van der Waals surface area contributed by atoms with Crippen molar-refractivity contribution in [3.63, 3.8) is 0 Å². The van der Waals surface area contributed by atoms with Gasteiger partial charge in [-0.2, -0.15) is 0 Å². The van der Waals surface area contributed by atoms with Crippen molar-refractivity contribution in [2.45, 2.75) is 33.4 Å². The van der Waals surface area contributed by atoms with Crippen LogP contribution in [0.25, 0.3) is 0 Å². The first-order chi connectivity index (χ1) is 7.56. The SMILES string of the molecule is CNCC(C)C(C)N(C)Cc1scnc1C. The van der Waals surface area contributed by atoms with Crippen LogP contribution < -0.4 is 5.32 Å². The zero-order valence-electron chi connectivity index (χ0n) is 10.9. The van der Waals surface area contributed by atoms with Crippen LogP contribution in [-0.2, 0) is 6.54 Å². The molecule has 92 valence electrons. The van der Waals surface area contributed by atoms with E-state index in [0.717, 1.165) is 13.1 Å². The number of hydrogen-bond acceptors (Lipinski definition) is 4. The fraction of sp³-hybridized carbons (Fsp3) is 0.750. The highest BCUT2D eigenvalue weighted by atomic mass is 32.1. The van der Waals surface area contributed by atoms with E-state index < -0.39 is 0 Å². The van der Waals surface area contributed by atoms with E-state index in [0.29, 0.717) is 12.0 Å². The van der Waals surface area contributed by atoms with Crippen LogP contribution in [0.15, 0.2) is 5.51 Å². The van der Waals surface area contributed by atoms with E-state index in [-0.39, 0.29) is 0 Å². The maximum atomic E-state index is 4.29. The lowest BCUT2D eigenvalue weighted by molar-refractivity contribution is 0.191. The minimum Gasteiger partial charge on any atom is -0.319 e. The molecule has 3 nitrogen and oxygen atoms in total. The van der Waals surface area contributed by atoms with Crippen LogP contribution in [-0.4, -0.2) is 36.6 Å². The zero-order valence-corrected chi connectivity index (χ0v) is 11.8. The summed E-state index contributed by atoms with van der Waals surface area (Å²) < 4.78 is 0. The van der Waals surface area contributed by atoms with Crippen LogP contribution in [0.4, 0.5) is 0 Å². The average molecular weight is 241 g/mol. The molecule has 0 aromatic carbocycles. The molecule has 1 aromatic heterocycles. The Labute approximate surface area is 103 Å². The molecule has 1 rings (SSSR count). The molecule has 1 aromatic rings. The van der Waals surface area contributed by atoms with Gasteiger partial charge < -0.3 is 5.32 Å². The Hall–Kier alpha value is -0.450. The fourth-order valence-electron chi connectivity index (χ4n) is 1.78. The second-order valence-corrected chi connectivity index (χ2v) is 5.49. The van der Waals surface area contributed by atoms with E-state index in [1.807, 2.05) is 12.6 Å². The Morgan fingerprint density at radius 3 is 2.69 bits per heavy atom. The molecule has 1 heterocycles. The summed E-state index contributed by atoms with van der Waals surface area (Å²) >= 11 is 1.75. The first-order valence-electron chi connectivity index (χ1n) is 5.80. The average Bonchev–Trinajstić information content (AvgIpc) is 2.63. The standard InChI is InChI=1S/C12H23N3S/c1-9(6-13-4)11(3)15(5)7-12-10(2)14-8-16-12/h8-9,11,13H,6-7H2,1-5H3. The number of aromatic nitrogens is 1. The van der Waals surface area contributed by atoms with Gasteiger partial charge in [0.2, 0.25) is 0 Å². The predicted molar refractivity (Wildman–Crippen MR) is 70.9 cm³/mol. The molecule has 0 aliphatic carbocycles. The number of rotatable bonds is 6. The lowest BCUT2D eigenvalue weighted by Gasteiger charge is -2.29. The van der Waals surface area contributed by atoms with E-state index in [1.165, 1.54) is 10.6 Å². The summed E-state index contributed by atoms with van der Waals surface area (Å²) in [7, 11) is 4.20. The van der Waals surface area contributed by atoms with Crippen LogP contribution >= 0.6 is 11.3 Å². The van der Waals surface area contributed by atoms with Crippen molar-refractivity contribution >= 4 is 11.3 Å². The lowest BCUT2D eigenvalue weighted by atomic mass is 10.0. The molecule has 0 aliphatic heterocycles. The molecule has 1 N–H and O–H groups in total. The minimum absolute atomic E-state index is 0.578. The summed E-state index contributed by atoms with van der Waals surface area (Å²) in [6.07, 6.45) is 0. The number of aryl methyl sites for hydroxylation is 1. The van der Waals surface area contributed by atoms with Crippen LogP contribution in [0, 0.1) is 12.8 Å². The number of thiazole rings is 1. The summed E-state index contributed by atoms with van der Waals surface area (Å²) in [5.74, 6) is 0.656. The summed E-state index contributed by atoms with van der Waals surface area (Å²) in [6, 6.07) is 0.578. The smallest absolute Gasteiger partial charge is 0.0798 e. The molecule has 0 aliphatic rings. The number of hydrogen-bond donors (Lipinski definition) is 1. The molecule has 0 spiro atoms. The fourth-order valence-corrected chi connectivity index (χ4v) is 2.61. The van der Waals surface area contributed by atoms with Gasteiger partial charge in [-0.3, -0.25) is 4.90 Å². The molecular weight excluding hydrogens is 218 g/mol. The Morgan fingerprint density at radius 2 is 2.19 bits per heavy atom. The van der Waals surface area contributed by atoms with E-state index in [9.17, 15) is 0 Å². The molecule has 0 saturated carbocycles. The van der Waals surface area contributed by atoms with Gasteiger partial charge in [-0.25, -0.2) is 4.98 Å². The van der Waals surface area contributed by atoms with Crippen LogP contribution in [0.2, 0.25) is 0 Å². The Morgan fingerprint density at radius 1 is 1.50 bits per heavy atom. The molecule has 4 heteroatoms. The van der Waals surface area contributed by atoms with Crippen LogP contribution in [0.3, 0.4) is 0 Å². The topological polar surface area (TPSA) is 28.2 Å². The molecule has 16 heavy (non-hydrogen) atoms. The van der Waals surface area contributed by atoms with Gasteiger partial charge in [-0.1, -0.05) is 6.92 Å². The lowest BCUT2D eigenvalue weighted by Crippen LogP contribution is -2.37. The molecule has 0 radical (unpaired) electrons. The Bertz CT molecular complexity index is 311. The van der Waals surface area contributed by atoms with Crippen molar-refractivity contribution in [1.82, 2.24) is 15.2 Å². The molecule has 2 unspecified atom stereocenters. The van der Waals surface area contributed by atoms with Crippen LogP contribution in [0.1, 0.15) is 24.4 Å². The highest BCUT2D eigenvalue weighted by Gasteiger charge is 2.17. The number of nitrogens with zero attached hydrogens (tertiary/aromatic N) is 2. The van der Waals surface area contributed by atoms with Crippen molar-refractivity contribution in [1.29, 1.82) is 0 Å². The van der Waals surface area contributed by atoms with Crippen molar-refractivity contribution in [2.75, 3.05) is 20.6 Å². The van der Waals surface area contributed by atoms with Gasteiger partial charge >= 0.3 is 0 Å². The molecule has 0 bridgehead atoms. The van der Waals surface area contributed by atoms with Crippen molar-refractivity contribution in [2.24, 2.45) is 5.92 Å². The zero-order chi connectivity index (χ0) is 12.1. The minimum atomic E-state index is 0.578. The van der Waals surface area contributed by atoms with Crippen molar-refractivity contribution in [3.8, 4) is 0 Å².